The Labute approximate surface area is 157 Å². The number of aromatic nitrogens is 1. The van der Waals surface area contributed by atoms with E-state index in [0.717, 1.165) is 16.7 Å². The van der Waals surface area contributed by atoms with Crippen molar-refractivity contribution in [3.63, 3.8) is 0 Å². The highest BCUT2D eigenvalue weighted by Gasteiger charge is 2.25. The molecule has 0 unspecified atom stereocenters. The first-order valence-corrected chi connectivity index (χ1v) is 9.70. The van der Waals surface area contributed by atoms with Crippen LogP contribution in [0.25, 0.3) is 0 Å². The third-order valence-corrected chi connectivity index (χ3v) is 5.61. The minimum atomic E-state index is -3.97. The van der Waals surface area contributed by atoms with Crippen LogP contribution in [0, 0.1) is 34.6 Å². The van der Waals surface area contributed by atoms with E-state index in [1.54, 1.807) is 0 Å². The Morgan fingerprint density at radius 2 is 1.70 bits per heavy atom. The largest absolute Gasteiger partial charge is 0.456 e. The molecule has 0 fully saturated rings. The molecule has 2 aromatic rings. The number of nitrogens with zero attached hydrogens (tertiary/aromatic N) is 1. The smallest absolute Gasteiger partial charge is 0.321 e. The molecule has 27 heavy (non-hydrogen) atoms. The molecule has 0 spiro atoms. The minimum absolute atomic E-state index is 0.114. The third-order valence-electron chi connectivity index (χ3n) is 3.96. The number of aryl methyl sites for hydroxylation is 5. The highest BCUT2D eigenvalue weighted by molar-refractivity contribution is 7.89. The number of hydrogen-bond donors (Lipinski definition) is 1. The van der Waals surface area contributed by atoms with E-state index in [1.165, 1.54) is 13.8 Å². The van der Waals surface area contributed by atoms with Gasteiger partial charge in [-0.2, -0.15) is 4.72 Å². The van der Waals surface area contributed by atoms with Crippen molar-refractivity contribution in [1.82, 2.24) is 9.88 Å². The van der Waals surface area contributed by atoms with Crippen LogP contribution in [-0.2, 0) is 19.6 Å². The quantitative estimate of drug-likeness (QED) is 0.563. The third kappa shape index (κ3) is 4.81. The number of ether oxygens (including phenoxy) is 1. The average Bonchev–Trinajstić information content (AvgIpc) is 2.89. The van der Waals surface area contributed by atoms with E-state index in [-0.39, 0.29) is 22.1 Å². The number of nitrogens with one attached hydrogen (secondary N) is 1. The molecule has 0 aliphatic heterocycles. The summed E-state index contributed by atoms with van der Waals surface area (Å²) in [5.41, 5.74) is 3.33. The molecule has 1 heterocycles. The fourth-order valence-corrected chi connectivity index (χ4v) is 4.27. The Bertz CT molecular complexity index is 949. The molecule has 8 nitrogen and oxygen atoms in total. The number of hydrogen-bond acceptors (Lipinski definition) is 7. The number of carbonyl (C=O) groups excluding carboxylic acids is 2. The summed E-state index contributed by atoms with van der Waals surface area (Å²) in [5, 5.41) is 3.57. The van der Waals surface area contributed by atoms with Crippen LogP contribution in [0.1, 0.15) is 38.5 Å². The maximum Gasteiger partial charge on any atom is 0.321 e. The van der Waals surface area contributed by atoms with Gasteiger partial charge in [-0.1, -0.05) is 22.9 Å². The molecule has 0 saturated heterocycles. The Morgan fingerprint density at radius 3 is 2.22 bits per heavy atom. The Balaban J connectivity index is 1.96. The van der Waals surface area contributed by atoms with Crippen LogP contribution in [0.5, 0.6) is 0 Å². The Kier molecular flexibility index (Phi) is 6.17. The van der Waals surface area contributed by atoms with Gasteiger partial charge in [-0.25, -0.2) is 8.42 Å². The van der Waals surface area contributed by atoms with Gasteiger partial charge in [0.2, 0.25) is 15.8 Å². The lowest BCUT2D eigenvalue weighted by molar-refractivity contribution is -0.141. The SMILES string of the molecule is Cc1cc(C)c(C(=O)COC(=O)CNS(=O)(=O)c2c(C)noc2C)c(C)c1. The van der Waals surface area contributed by atoms with Crippen molar-refractivity contribution in [2.24, 2.45) is 0 Å². The van der Waals surface area contributed by atoms with Crippen molar-refractivity contribution >= 4 is 21.8 Å². The summed E-state index contributed by atoms with van der Waals surface area (Å²) >= 11 is 0. The maximum absolute atomic E-state index is 12.3. The first kappa shape index (κ1) is 20.8. The summed E-state index contributed by atoms with van der Waals surface area (Å²) in [4.78, 5) is 24.1. The van der Waals surface area contributed by atoms with Crippen LogP contribution in [-0.4, -0.2) is 38.5 Å². The second kappa shape index (κ2) is 8.01. The zero-order valence-electron chi connectivity index (χ0n) is 15.9. The van der Waals surface area contributed by atoms with Crippen LogP contribution < -0.4 is 4.72 Å². The van der Waals surface area contributed by atoms with Crippen molar-refractivity contribution < 1.29 is 27.3 Å². The van der Waals surface area contributed by atoms with Crippen LogP contribution in [0.15, 0.2) is 21.6 Å². The lowest BCUT2D eigenvalue weighted by Gasteiger charge is -2.11. The van der Waals surface area contributed by atoms with E-state index in [0.29, 0.717) is 5.56 Å². The topological polar surface area (TPSA) is 116 Å². The van der Waals surface area contributed by atoms with Crippen LogP contribution in [0.2, 0.25) is 0 Å². The number of carbonyl (C=O) groups is 2. The normalized spacial score (nSPS) is 11.4. The molecule has 0 atom stereocenters. The summed E-state index contributed by atoms with van der Waals surface area (Å²) in [6.07, 6.45) is 0. The Hall–Kier alpha value is -2.52. The predicted molar refractivity (Wildman–Crippen MR) is 97.1 cm³/mol. The van der Waals surface area contributed by atoms with E-state index < -0.39 is 29.1 Å². The van der Waals surface area contributed by atoms with Gasteiger partial charge in [-0.05, 0) is 45.7 Å². The van der Waals surface area contributed by atoms with Crippen LogP contribution >= 0.6 is 0 Å². The van der Waals surface area contributed by atoms with Gasteiger partial charge in [0.05, 0.1) is 0 Å². The standard InChI is InChI=1S/C18H22N2O6S/c1-10-6-11(2)17(12(3)7-10)15(21)9-25-16(22)8-19-27(23,24)18-13(4)20-26-14(18)5/h6-7,19H,8-9H2,1-5H3. The second-order valence-electron chi connectivity index (χ2n) is 6.34. The van der Waals surface area contributed by atoms with Gasteiger partial charge in [0, 0.05) is 5.56 Å². The van der Waals surface area contributed by atoms with Crippen molar-refractivity contribution in [3.05, 3.63) is 45.8 Å². The molecule has 2 rings (SSSR count). The molecule has 0 amide bonds. The number of esters is 1. The first-order valence-electron chi connectivity index (χ1n) is 8.22. The number of sulfonamides is 1. The summed E-state index contributed by atoms with van der Waals surface area (Å²) in [6, 6.07) is 3.75. The Morgan fingerprint density at radius 1 is 1.11 bits per heavy atom. The summed E-state index contributed by atoms with van der Waals surface area (Å²) in [6.45, 7) is 7.42. The molecular weight excluding hydrogens is 372 g/mol. The van der Waals surface area contributed by atoms with E-state index in [4.69, 9.17) is 9.26 Å². The zero-order valence-corrected chi connectivity index (χ0v) is 16.7. The predicted octanol–water partition coefficient (Wildman–Crippen LogP) is 1.92. The van der Waals surface area contributed by atoms with Crippen molar-refractivity contribution in [2.45, 2.75) is 39.5 Å². The molecule has 9 heteroatoms. The van der Waals surface area contributed by atoms with Gasteiger partial charge >= 0.3 is 5.97 Å². The van der Waals surface area contributed by atoms with Gasteiger partial charge in [0.1, 0.15) is 17.1 Å². The average molecular weight is 394 g/mol. The highest BCUT2D eigenvalue weighted by atomic mass is 32.2. The van der Waals surface area contributed by atoms with E-state index in [1.807, 2.05) is 32.9 Å². The molecule has 0 aliphatic rings. The maximum atomic E-state index is 12.3. The van der Waals surface area contributed by atoms with Crippen molar-refractivity contribution in [1.29, 1.82) is 0 Å². The van der Waals surface area contributed by atoms with Gasteiger partial charge in [-0.15, -0.1) is 0 Å². The summed E-state index contributed by atoms with van der Waals surface area (Å²) < 4.78 is 36.3. The number of ketones is 1. The molecule has 1 N–H and O–H groups in total. The molecule has 1 aromatic heterocycles. The monoisotopic (exact) mass is 394 g/mol. The van der Waals surface area contributed by atoms with Crippen molar-refractivity contribution in [2.75, 3.05) is 13.2 Å². The van der Waals surface area contributed by atoms with E-state index in [9.17, 15) is 18.0 Å². The molecule has 0 bridgehead atoms. The minimum Gasteiger partial charge on any atom is -0.456 e. The number of rotatable bonds is 7. The highest BCUT2D eigenvalue weighted by Crippen LogP contribution is 2.19. The molecular formula is C18H22N2O6S. The van der Waals surface area contributed by atoms with Gasteiger partial charge in [0.15, 0.2) is 12.4 Å². The van der Waals surface area contributed by atoms with Gasteiger partial charge in [-0.3, -0.25) is 9.59 Å². The summed E-state index contributed by atoms with van der Waals surface area (Å²) in [7, 11) is -3.97. The number of benzene rings is 1. The van der Waals surface area contributed by atoms with E-state index >= 15 is 0 Å². The molecule has 0 saturated carbocycles. The first-order chi connectivity index (χ1) is 12.5. The molecule has 0 radical (unpaired) electrons. The lowest BCUT2D eigenvalue weighted by Crippen LogP contribution is -2.32. The zero-order chi connectivity index (χ0) is 20.4. The lowest BCUT2D eigenvalue weighted by atomic mass is 9.97. The number of Topliss-reactive ketones (excluding diaryl/α,β-unsaturated/α-hetero) is 1. The summed E-state index contributed by atoms with van der Waals surface area (Å²) in [5.74, 6) is -1.08. The van der Waals surface area contributed by atoms with Crippen molar-refractivity contribution in [3.8, 4) is 0 Å². The fourth-order valence-electron chi connectivity index (χ4n) is 2.97. The fraction of sp³-hybridized carbons (Fsp3) is 0.389. The van der Waals surface area contributed by atoms with E-state index in [2.05, 4.69) is 9.88 Å². The van der Waals surface area contributed by atoms with Gasteiger partial charge < -0.3 is 9.26 Å². The molecule has 0 aliphatic carbocycles. The van der Waals surface area contributed by atoms with Gasteiger partial charge in [0.25, 0.3) is 0 Å². The van der Waals surface area contributed by atoms with Crippen LogP contribution in [0.4, 0.5) is 0 Å². The van der Waals surface area contributed by atoms with Crippen LogP contribution in [0.3, 0.4) is 0 Å². The second-order valence-corrected chi connectivity index (χ2v) is 8.04. The molecule has 1 aromatic carbocycles. The molecule has 146 valence electrons.